The van der Waals surface area contributed by atoms with Crippen molar-refractivity contribution in [3.63, 3.8) is 0 Å². The van der Waals surface area contributed by atoms with Crippen LogP contribution < -0.4 is 5.32 Å². The normalized spacial score (nSPS) is 36.9. The Hall–Kier alpha value is -0.200. The third-order valence-electron chi connectivity index (χ3n) is 3.80. The highest BCUT2D eigenvalue weighted by Crippen LogP contribution is 2.35. The standard InChI is InChI=1S/C13H22N2S/c1-11-8-13(9-14,10-16-11)15-12-6-4-2-3-5-7-12/h11-12,15H,2-8,10H2,1H3. The number of nitrogens with zero attached hydrogens (tertiary/aromatic N) is 1. The van der Waals surface area contributed by atoms with Crippen LogP contribution in [0.4, 0.5) is 0 Å². The van der Waals surface area contributed by atoms with E-state index in [4.69, 9.17) is 0 Å². The first-order valence-electron chi connectivity index (χ1n) is 6.55. The Bertz CT molecular complexity index is 266. The lowest BCUT2D eigenvalue weighted by Crippen LogP contribution is -2.49. The van der Waals surface area contributed by atoms with Crippen molar-refractivity contribution in [1.29, 1.82) is 5.26 Å². The van der Waals surface area contributed by atoms with Gasteiger partial charge in [-0.1, -0.05) is 32.6 Å². The quantitative estimate of drug-likeness (QED) is 0.751. The minimum Gasteiger partial charge on any atom is -0.296 e. The molecule has 1 N–H and O–H groups in total. The van der Waals surface area contributed by atoms with Crippen LogP contribution in [-0.4, -0.2) is 22.6 Å². The van der Waals surface area contributed by atoms with E-state index in [1.165, 1.54) is 38.5 Å². The molecule has 90 valence electrons. The monoisotopic (exact) mass is 238 g/mol. The molecule has 2 aliphatic rings. The fraction of sp³-hybridized carbons (Fsp3) is 0.923. The Kier molecular flexibility index (Phi) is 4.16. The van der Waals surface area contributed by atoms with Gasteiger partial charge in [0, 0.05) is 17.0 Å². The van der Waals surface area contributed by atoms with Gasteiger partial charge < -0.3 is 0 Å². The highest BCUT2D eigenvalue weighted by Gasteiger charge is 2.39. The van der Waals surface area contributed by atoms with Gasteiger partial charge in [0.2, 0.25) is 0 Å². The fourth-order valence-electron chi connectivity index (χ4n) is 2.92. The Morgan fingerprint density at radius 2 is 1.94 bits per heavy atom. The van der Waals surface area contributed by atoms with Gasteiger partial charge in [-0.05, 0) is 19.3 Å². The maximum atomic E-state index is 9.41. The number of hydrogen-bond donors (Lipinski definition) is 1. The van der Waals surface area contributed by atoms with Gasteiger partial charge in [-0.25, -0.2) is 0 Å². The zero-order valence-corrected chi connectivity index (χ0v) is 11.0. The zero-order chi connectivity index (χ0) is 11.4. The van der Waals surface area contributed by atoms with Crippen LogP contribution in [0.25, 0.3) is 0 Å². The lowest BCUT2D eigenvalue weighted by molar-refractivity contribution is 0.349. The van der Waals surface area contributed by atoms with Crippen LogP contribution >= 0.6 is 11.8 Å². The van der Waals surface area contributed by atoms with Crippen molar-refractivity contribution in [1.82, 2.24) is 5.32 Å². The summed E-state index contributed by atoms with van der Waals surface area (Å²) >= 11 is 1.94. The smallest absolute Gasteiger partial charge is 0.117 e. The predicted molar refractivity (Wildman–Crippen MR) is 69.5 cm³/mol. The molecule has 2 unspecified atom stereocenters. The van der Waals surface area contributed by atoms with Crippen LogP contribution in [-0.2, 0) is 0 Å². The van der Waals surface area contributed by atoms with Crippen molar-refractivity contribution >= 4 is 11.8 Å². The summed E-state index contributed by atoms with van der Waals surface area (Å²) in [5.41, 5.74) is -0.223. The van der Waals surface area contributed by atoms with E-state index in [2.05, 4.69) is 18.3 Å². The average Bonchev–Trinajstić information content (AvgIpc) is 2.51. The molecule has 2 rings (SSSR count). The Labute approximate surface area is 103 Å². The minimum absolute atomic E-state index is 0.223. The van der Waals surface area contributed by atoms with E-state index in [1.807, 2.05) is 11.8 Å². The molecule has 0 aromatic heterocycles. The van der Waals surface area contributed by atoms with E-state index < -0.39 is 0 Å². The summed E-state index contributed by atoms with van der Waals surface area (Å²) in [5, 5.41) is 13.7. The molecule has 2 nitrogen and oxygen atoms in total. The van der Waals surface area contributed by atoms with Crippen LogP contribution in [0.5, 0.6) is 0 Å². The van der Waals surface area contributed by atoms with Gasteiger partial charge in [-0.3, -0.25) is 5.32 Å². The number of thioether (sulfide) groups is 1. The number of rotatable bonds is 2. The molecule has 1 aliphatic carbocycles. The van der Waals surface area contributed by atoms with Crippen LogP contribution in [0.3, 0.4) is 0 Å². The predicted octanol–water partition coefficient (Wildman–Crippen LogP) is 3.09. The van der Waals surface area contributed by atoms with E-state index in [0.717, 1.165) is 12.2 Å². The molecule has 2 atom stereocenters. The minimum atomic E-state index is -0.223. The molecule has 0 bridgehead atoms. The van der Waals surface area contributed by atoms with Crippen LogP contribution in [0.15, 0.2) is 0 Å². The molecule has 1 heterocycles. The zero-order valence-electron chi connectivity index (χ0n) is 10.2. The van der Waals surface area contributed by atoms with Crippen LogP contribution in [0.1, 0.15) is 51.9 Å². The second-order valence-electron chi connectivity index (χ2n) is 5.35. The average molecular weight is 238 g/mol. The summed E-state index contributed by atoms with van der Waals surface area (Å²) < 4.78 is 0. The molecule has 16 heavy (non-hydrogen) atoms. The van der Waals surface area contributed by atoms with E-state index in [0.29, 0.717) is 11.3 Å². The molecule has 0 aromatic carbocycles. The van der Waals surface area contributed by atoms with Crippen molar-refractivity contribution < 1.29 is 0 Å². The van der Waals surface area contributed by atoms with Gasteiger partial charge in [-0.2, -0.15) is 17.0 Å². The Morgan fingerprint density at radius 3 is 2.44 bits per heavy atom. The topological polar surface area (TPSA) is 35.8 Å². The third-order valence-corrected chi connectivity index (χ3v) is 5.19. The molecule has 0 amide bonds. The van der Waals surface area contributed by atoms with Gasteiger partial charge in [0.1, 0.15) is 5.54 Å². The highest BCUT2D eigenvalue weighted by atomic mass is 32.2. The van der Waals surface area contributed by atoms with Crippen LogP contribution in [0, 0.1) is 11.3 Å². The van der Waals surface area contributed by atoms with Gasteiger partial charge in [-0.15, -0.1) is 0 Å². The van der Waals surface area contributed by atoms with Crippen molar-refractivity contribution in [2.45, 2.75) is 68.7 Å². The Balaban J connectivity index is 1.93. The first kappa shape index (κ1) is 12.3. The van der Waals surface area contributed by atoms with Gasteiger partial charge in [0.05, 0.1) is 6.07 Å². The lowest BCUT2D eigenvalue weighted by atomic mass is 9.95. The maximum absolute atomic E-state index is 9.41. The molecule has 0 aromatic rings. The molecule has 1 saturated heterocycles. The lowest BCUT2D eigenvalue weighted by Gasteiger charge is -2.28. The summed E-state index contributed by atoms with van der Waals surface area (Å²) in [6.45, 7) is 2.23. The second-order valence-corrected chi connectivity index (χ2v) is 6.78. The summed E-state index contributed by atoms with van der Waals surface area (Å²) in [4.78, 5) is 0. The molecule has 1 aliphatic heterocycles. The van der Waals surface area contributed by atoms with Crippen molar-refractivity contribution in [3.8, 4) is 6.07 Å². The van der Waals surface area contributed by atoms with E-state index in [9.17, 15) is 5.26 Å². The SMILES string of the molecule is CC1CC(C#N)(NC2CCCCCC2)CS1. The molecular formula is C13H22N2S. The largest absolute Gasteiger partial charge is 0.296 e. The number of nitriles is 1. The summed E-state index contributed by atoms with van der Waals surface area (Å²) in [7, 11) is 0. The molecule has 3 heteroatoms. The molecular weight excluding hydrogens is 216 g/mol. The molecule has 0 spiro atoms. The first-order chi connectivity index (χ1) is 7.74. The first-order valence-corrected chi connectivity index (χ1v) is 7.59. The summed E-state index contributed by atoms with van der Waals surface area (Å²) in [5.74, 6) is 0.973. The maximum Gasteiger partial charge on any atom is 0.117 e. The van der Waals surface area contributed by atoms with Crippen molar-refractivity contribution in [3.05, 3.63) is 0 Å². The molecule has 0 radical (unpaired) electrons. The van der Waals surface area contributed by atoms with Crippen LogP contribution in [0.2, 0.25) is 0 Å². The van der Waals surface area contributed by atoms with Gasteiger partial charge in [0.25, 0.3) is 0 Å². The van der Waals surface area contributed by atoms with Crippen molar-refractivity contribution in [2.24, 2.45) is 0 Å². The third kappa shape index (κ3) is 2.93. The van der Waals surface area contributed by atoms with E-state index in [1.54, 1.807) is 0 Å². The van der Waals surface area contributed by atoms with E-state index >= 15 is 0 Å². The molecule has 1 saturated carbocycles. The second kappa shape index (κ2) is 5.42. The summed E-state index contributed by atoms with van der Waals surface area (Å²) in [6, 6.07) is 3.13. The fourth-order valence-corrected chi connectivity index (χ4v) is 4.16. The molecule has 2 fully saturated rings. The van der Waals surface area contributed by atoms with E-state index in [-0.39, 0.29) is 5.54 Å². The number of hydrogen-bond acceptors (Lipinski definition) is 3. The summed E-state index contributed by atoms with van der Waals surface area (Å²) in [6.07, 6.45) is 8.98. The Morgan fingerprint density at radius 1 is 1.25 bits per heavy atom. The number of nitrogens with one attached hydrogen (secondary N) is 1. The van der Waals surface area contributed by atoms with Gasteiger partial charge >= 0.3 is 0 Å². The van der Waals surface area contributed by atoms with Gasteiger partial charge in [0.15, 0.2) is 0 Å². The highest BCUT2D eigenvalue weighted by molar-refractivity contribution is 8.00. The van der Waals surface area contributed by atoms with Crippen molar-refractivity contribution in [2.75, 3.05) is 5.75 Å².